The minimum absolute atomic E-state index is 0.137. The van der Waals surface area contributed by atoms with E-state index in [-0.39, 0.29) is 30.1 Å². The molecule has 0 bridgehead atoms. The number of nitrogens with one attached hydrogen (secondary N) is 3. The number of aryl methyl sites for hydroxylation is 1. The minimum atomic E-state index is -0.727. The molecule has 2 heterocycles. The Bertz CT molecular complexity index is 707. The number of nitrogens with zero attached hydrogens (tertiary/aromatic N) is 1. The van der Waals surface area contributed by atoms with Crippen LogP contribution >= 0.6 is 11.3 Å². The molecule has 1 aliphatic heterocycles. The summed E-state index contributed by atoms with van der Waals surface area (Å²) in [7, 11) is 0. The second-order valence-electron chi connectivity index (χ2n) is 7.80. The van der Waals surface area contributed by atoms with Gasteiger partial charge in [0.15, 0.2) is 5.13 Å². The molecule has 136 valence electrons. The van der Waals surface area contributed by atoms with Gasteiger partial charge in [0, 0.05) is 11.3 Å². The summed E-state index contributed by atoms with van der Waals surface area (Å²) in [5.41, 5.74) is 1.33. The average Bonchev–Trinajstić information content (AvgIpc) is 2.82. The highest BCUT2D eigenvalue weighted by molar-refractivity contribution is 7.15. The Kier molecular flexibility index (Phi) is 4.81. The Labute approximate surface area is 151 Å². The van der Waals surface area contributed by atoms with Crippen LogP contribution in [0.5, 0.6) is 0 Å². The molecule has 1 fully saturated rings. The number of rotatable bonds is 2. The molecule has 7 nitrogen and oxygen atoms in total. The summed E-state index contributed by atoms with van der Waals surface area (Å²) in [6, 6.07) is -1.36. The van der Waals surface area contributed by atoms with Crippen molar-refractivity contribution in [3.8, 4) is 0 Å². The van der Waals surface area contributed by atoms with Gasteiger partial charge in [-0.2, -0.15) is 0 Å². The zero-order chi connectivity index (χ0) is 18.2. The van der Waals surface area contributed by atoms with Gasteiger partial charge in [-0.25, -0.2) is 9.78 Å². The summed E-state index contributed by atoms with van der Waals surface area (Å²) < 4.78 is 0. The topological polar surface area (TPSA) is 100 Å². The largest absolute Gasteiger partial charge is 0.326 e. The van der Waals surface area contributed by atoms with Crippen LogP contribution < -0.4 is 16.0 Å². The number of carbonyl (C=O) groups excluding carboxylic acids is 3. The van der Waals surface area contributed by atoms with Crippen LogP contribution in [0.3, 0.4) is 0 Å². The van der Waals surface area contributed by atoms with E-state index in [0.717, 1.165) is 25.0 Å². The molecule has 0 radical (unpaired) electrons. The third-order valence-corrected chi connectivity index (χ3v) is 5.96. The van der Waals surface area contributed by atoms with Crippen molar-refractivity contribution >= 4 is 34.3 Å². The first-order valence-corrected chi connectivity index (χ1v) is 9.44. The zero-order valence-corrected chi connectivity index (χ0v) is 15.6. The lowest BCUT2D eigenvalue weighted by molar-refractivity contribution is -0.120. The fourth-order valence-corrected chi connectivity index (χ4v) is 4.38. The van der Waals surface area contributed by atoms with Gasteiger partial charge in [0.05, 0.1) is 5.69 Å². The van der Waals surface area contributed by atoms with Crippen LogP contribution in [-0.2, 0) is 22.4 Å². The number of urea groups is 1. The predicted octanol–water partition coefficient (Wildman–Crippen LogP) is 2.22. The number of hydrogen-bond donors (Lipinski definition) is 3. The van der Waals surface area contributed by atoms with E-state index in [9.17, 15) is 14.4 Å². The molecule has 3 N–H and O–H groups in total. The number of anilines is 1. The first kappa shape index (κ1) is 17.8. The molecule has 1 aliphatic carbocycles. The molecule has 0 saturated carbocycles. The molecule has 1 aromatic heterocycles. The van der Waals surface area contributed by atoms with Crippen molar-refractivity contribution in [3.63, 3.8) is 0 Å². The van der Waals surface area contributed by atoms with E-state index < -0.39 is 12.1 Å². The van der Waals surface area contributed by atoms with Crippen molar-refractivity contribution in [2.24, 2.45) is 11.3 Å². The molecule has 8 heteroatoms. The first-order valence-electron chi connectivity index (χ1n) is 8.62. The Morgan fingerprint density at radius 2 is 2.00 bits per heavy atom. The van der Waals surface area contributed by atoms with E-state index in [1.54, 1.807) is 0 Å². The second-order valence-corrected chi connectivity index (χ2v) is 8.88. The Balaban J connectivity index is 1.66. The minimum Gasteiger partial charge on any atom is -0.326 e. The number of aromatic nitrogens is 1. The summed E-state index contributed by atoms with van der Waals surface area (Å²) in [6.45, 7) is 6.78. The molecule has 3 rings (SSSR count). The third kappa shape index (κ3) is 4.18. The van der Waals surface area contributed by atoms with Gasteiger partial charge in [0.25, 0.3) is 0 Å². The summed E-state index contributed by atoms with van der Waals surface area (Å²) in [5.74, 6) is -0.0868. The van der Waals surface area contributed by atoms with Crippen LogP contribution in [0, 0.1) is 11.3 Å². The SMILES string of the molecule is CC(C)(C)[C@@H]1CCc2nc(NC(=O)[C@H]3CCC(=O)NC(=O)N3)sc2C1. The maximum absolute atomic E-state index is 12.4. The number of imide groups is 1. The van der Waals surface area contributed by atoms with Gasteiger partial charge in [-0.1, -0.05) is 20.8 Å². The molecule has 25 heavy (non-hydrogen) atoms. The van der Waals surface area contributed by atoms with Crippen LogP contribution in [0.25, 0.3) is 0 Å². The molecular formula is C17H24N4O3S. The molecule has 2 aliphatic rings. The number of amides is 4. The van der Waals surface area contributed by atoms with E-state index >= 15 is 0 Å². The lowest BCUT2D eigenvalue weighted by Crippen LogP contribution is -2.45. The van der Waals surface area contributed by atoms with Crippen LogP contribution in [-0.4, -0.2) is 28.9 Å². The highest BCUT2D eigenvalue weighted by Gasteiger charge is 2.31. The first-order chi connectivity index (χ1) is 11.7. The van der Waals surface area contributed by atoms with Crippen LogP contribution in [0.2, 0.25) is 0 Å². The molecule has 2 atom stereocenters. The Morgan fingerprint density at radius 3 is 2.72 bits per heavy atom. The molecule has 0 spiro atoms. The maximum atomic E-state index is 12.4. The van der Waals surface area contributed by atoms with E-state index in [2.05, 4.69) is 41.7 Å². The van der Waals surface area contributed by atoms with E-state index in [1.807, 2.05) is 0 Å². The van der Waals surface area contributed by atoms with Gasteiger partial charge >= 0.3 is 6.03 Å². The van der Waals surface area contributed by atoms with Crippen molar-refractivity contribution in [1.29, 1.82) is 0 Å². The van der Waals surface area contributed by atoms with Crippen LogP contribution in [0.15, 0.2) is 0 Å². The van der Waals surface area contributed by atoms with Crippen molar-refractivity contribution in [2.75, 3.05) is 5.32 Å². The maximum Gasteiger partial charge on any atom is 0.322 e. The second kappa shape index (κ2) is 6.74. The van der Waals surface area contributed by atoms with Crippen molar-refractivity contribution in [1.82, 2.24) is 15.6 Å². The fraction of sp³-hybridized carbons (Fsp3) is 0.647. The Morgan fingerprint density at radius 1 is 1.24 bits per heavy atom. The highest BCUT2D eigenvalue weighted by Crippen LogP contribution is 2.40. The van der Waals surface area contributed by atoms with Crippen molar-refractivity contribution in [3.05, 3.63) is 10.6 Å². The number of thiazole rings is 1. The summed E-state index contributed by atoms with van der Waals surface area (Å²) >= 11 is 1.52. The average molecular weight is 364 g/mol. The van der Waals surface area contributed by atoms with Crippen LogP contribution in [0.4, 0.5) is 9.93 Å². The summed E-state index contributed by atoms with van der Waals surface area (Å²) in [4.78, 5) is 41.1. The fourth-order valence-electron chi connectivity index (χ4n) is 3.29. The number of hydrogen-bond acceptors (Lipinski definition) is 5. The monoisotopic (exact) mass is 364 g/mol. The standard InChI is InChI=1S/C17H24N4O3S/c1-17(2,3)9-4-5-10-12(8-9)25-16(19-10)21-14(23)11-6-7-13(22)20-15(24)18-11/h9,11H,4-8H2,1-3H3,(H,19,21,23)(H2,18,20,22,24)/t9-,11-/m1/s1. The van der Waals surface area contributed by atoms with Crippen molar-refractivity contribution < 1.29 is 14.4 Å². The molecule has 4 amide bonds. The highest BCUT2D eigenvalue weighted by atomic mass is 32.1. The van der Waals surface area contributed by atoms with Gasteiger partial charge in [0.2, 0.25) is 11.8 Å². The number of fused-ring (bicyclic) bond motifs is 1. The van der Waals surface area contributed by atoms with Crippen molar-refractivity contribution in [2.45, 2.75) is 58.9 Å². The van der Waals surface area contributed by atoms with Gasteiger partial charge in [-0.05, 0) is 37.0 Å². The van der Waals surface area contributed by atoms with Gasteiger partial charge in [-0.3, -0.25) is 14.9 Å². The molecule has 0 aromatic carbocycles. The molecule has 1 saturated heterocycles. The lowest BCUT2D eigenvalue weighted by Gasteiger charge is -2.33. The summed E-state index contributed by atoms with van der Waals surface area (Å²) in [5, 5.41) is 8.05. The molecular weight excluding hydrogens is 340 g/mol. The molecule has 0 unspecified atom stereocenters. The quantitative estimate of drug-likeness (QED) is 0.749. The Hall–Kier alpha value is -1.96. The third-order valence-electron chi connectivity index (χ3n) is 4.93. The summed E-state index contributed by atoms with van der Waals surface area (Å²) in [6.07, 6.45) is 3.45. The van der Waals surface area contributed by atoms with E-state index in [4.69, 9.17) is 0 Å². The zero-order valence-electron chi connectivity index (χ0n) is 14.8. The smallest absolute Gasteiger partial charge is 0.322 e. The van der Waals surface area contributed by atoms with E-state index in [1.165, 1.54) is 16.2 Å². The van der Waals surface area contributed by atoms with Gasteiger partial charge in [0.1, 0.15) is 6.04 Å². The van der Waals surface area contributed by atoms with E-state index in [0.29, 0.717) is 11.0 Å². The van der Waals surface area contributed by atoms with Crippen LogP contribution in [0.1, 0.15) is 50.6 Å². The normalized spacial score (nSPS) is 24.0. The lowest BCUT2D eigenvalue weighted by atomic mass is 9.73. The number of carbonyl (C=O) groups is 3. The predicted molar refractivity (Wildman–Crippen MR) is 95.4 cm³/mol. The molecule has 1 aromatic rings. The van der Waals surface area contributed by atoms with Gasteiger partial charge < -0.3 is 10.6 Å². The van der Waals surface area contributed by atoms with Gasteiger partial charge in [-0.15, -0.1) is 11.3 Å².